The number of likely N-dealkylation sites (tertiary alicyclic amines) is 2. The lowest BCUT2D eigenvalue weighted by molar-refractivity contribution is 0.0718. The molecule has 2 fully saturated rings. The Morgan fingerprint density at radius 2 is 1.93 bits per heavy atom. The molecule has 30 heavy (non-hydrogen) atoms. The van der Waals surface area contributed by atoms with Crippen LogP contribution in [0.2, 0.25) is 0 Å². The fraction of sp³-hybridized carbons (Fsp3) is 0.522. The van der Waals surface area contributed by atoms with Gasteiger partial charge in [0, 0.05) is 26.2 Å². The topological polar surface area (TPSA) is 63.5 Å². The standard InChI is InChI=1S/C23H31N5O2/c1-30-21-11-9-19(10-12-21)7-5-13-26-14-6-8-20(17-26)28-18-22(24-25-28)23(29)27-15-3-2-4-16-27/h5,7,9-12,18,20H,2-4,6,8,13-17H2,1H3. The molecular formula is C23H31N5O2. The van der Waals surface area contributed by atoms with Crippen molar-refractivity contribution < 1.29 is 9.53 Å². The predicted octanol–water partition coefficient (Wildman–Crippen LogP) is 3.26. The zero-order chi connectivity index (χ0) is 20.8. The summed E-state index contributed by atoms with van der Waals surface area (Å²) in [6.45, 7) is 4.58. The zero-order valence-electron chi connectivity index (χ0n) is 17.7. The second-order valence-corrected chi connectivity index (χ2v) is 8.17. The number of carbonyl (C=O) groups excluding carboxylic acids is 1. The first-order valence-corrected chi connectivity index (χ1v) is 11.0. The molecule has 0 saturated carbocycles. The van der Waals surface area contributed by atoms with Gasteiger partial charge in [-0.15, -0.1) is 5.10 Å². The molecule has 2 aliphatic heterocycles. The van der Waals surface area contributed by atoms with E-state index in [2.05, 4.69) is 39.5 Å². The van der Waals surface area contributed by atoms with Crippen molar-refractivity contribution >= 4 is 12.0 Å². The Bertz CT molecular complexity index is 855. The summed E-state index contributed by atoms with van der Waals surface area (Å²) in [5.41, 5.74) is 1.65. The third-order valence-electron chi connectivity index (χ3n) is 6.02. The van der Waals surface area contributed by atoms with Crippen LogP contribution in [0.4, 0.5) is 0 Å². The number of ether oxygens (including phenoxy) is 1. The average molecular weight is 410 g/mol. The van der Waals surface area contributed by atoms with Crippen LogP contribution in [0, 0.1) is 0 Å². The zero-order valence-corrected chi connectivity index (χ0v) is 17.7. The first kappa shape index (κ1) is 20.6. The van der Waals surface area contributed by atoms with Crippen LogP contribution in [-0.4, -0.2) is 70.5 Å². The molecule has 2 aliphatic rings. The molecule has 7 nitrogen and oxygen atoms in total. The number of methoxy groups -OCH3 is 1. The van der Waals surface area contributed by atoms with E-state index in [1.807, 2.05) is 27.9 Å². The number of hydrogen-bond acceptors (Lipinski definition) is 5. The van der Waals surface area contributed by atoms with Gasteiger partial charge in [0.25, 0.3) is 5.91 Å². The summed E-state index contributed by atoms with van der Waals surface area (Å²) in [6.07, 6.45) is 11.8. The number of hydrogen-bond donors (Lipinski definition) is 0. The van der Waals surface area contributed by atoms with Gasteiger partial charge in [-0.3, -0.25) is 9.69 Å². The number of aromatic nitrogens is 3. The Morgan fingerprint density at radius 3 is 2.70 bits per heavy atom. The molecule has 0 radical (unpaired) electrons. The Morgan fingerprint density at radius 1 is 1.13 bits per heavy atom. The van der Waals surface area contributed by atoms with Gasteiger partial charge in [0.1, 0.15) is 5.75 Å². The highest BCUT2D eigenvalue weighted by Crippen LogP contribution is 2.21. The fourth-order valence-electron chi connectivity index (χ4n) is 4.28. The largest absolute Gasteiger partial charge is 0.497 e. The monoisotopic (exact) mass is 409 g/mol. The van der Waals surface area contributed by atoms with E-state index >= 15 is 0 Å². The minimum Gasteiger partial charge on any atom is -0.497 e. The van der Waals surface area contributed by atoms with Crippen LogP contribution in [-0.2, 0) is 0 Å². The summed E-state index contributed by atoms with van der Waals surface area (Å²) >= 11 is 0. The van der Waals surface area contributed by atoms with Crippen LogP contribution in [0.15, 0.2) is 36.5 Å². The van der Waals surface area contributed by atoms with E-state index in [0.717, 1.165) is 64.2 Å². The lowest BCUT2D eigenvalue weighted by atomic mass is 10.1. The van der Waals surface area contributed by atoms with E-state index in [9.17, 15) is 4.79 Å². The van der Waals surface area contributed by atoms with Crippen LogP contribution in [0.3, 0.4) is 0 Å². The highest BCUT2D eigenvalue weighted by atomic mass is 16.5. The molecule has 2 saturated heterocycles. The molecule has 2 aromatic rings. The molecule has 4 rings (SSSR count). The van der Waals surface area contributed by atoms with Crippen molar-refractivity contribution in [3.63, 3.8) is 0 Å². The number of carbonyl (C=O) groups is 1. The summed E-state index contributed by atoms with van der Waals surface area (Å²) in [6, 6.07) is 8.34. The summed E-state index contributed by atoms with van der Waals surface area (Å²) in [7, 11) is 1.68. The van der Waals surface area contributed by atoms with Crippen LogP contribution in [0.1, 0.15) is 54.2 Å². The Labute approximate surface area is 178 Å². The second-order valence-electron chi connectivity index (χ2n) is 8.17. The quantitative estimate of drug-likeness (QED) is 0.733. The van der Waals surface area contributed by atoms with Gasteiger partial charge < -0.3 is 9.64 Å². The molecule has 7 heteroatoms. The maximum absolute atomic E-state index is 12.7. The maximum atomic E-state index is 12.7. The fourth-order valence-corrected chi connectivity index (χ4v) is 4.28. The van der Waals surface area contributed by atoms with Gasteiger partial charge >= 0.3 is 0 Å². The van der Waals surface area contributed by atoms with Gasteiger partial charge in [0.15, 0.2) is 5.69 Å². The number of benzene rings is 1. The third kappa shape index (κ3) is 5.08. The lowest BCUT2D eigenvalue weighted by Gasteiger charge is -2.31. The van der Waals surface area contributed by atoms with E-state index in [1.54, 1.807) is 7.11 Å². The van der Waals surface area contributed by atoms with Crippen molar-refractivity contribution in [3.8, 4) is 5.75 Å². The van der Waals surface area contributed by atoms with Crippen molar-refractivity contribution in [1.82, 2.24) is 24.8 Å². The van der Waals surface area contributed by atoms with E-state index in [-0.39, 0.29) is 11.9 Å². The molecule has 0 aliphatic carbocycles. The summed E-state index contributed by atoms with van der Waals surface area (Å²) in [5.74, 6) is 0.896. The Balaban J connectivity index is 1.31. The molecule has 1 amide bonds. The Hall–Kier alpha value is -2.67. The van der Waals surface area contributed by atoms with Gasteiger partial charge in [-0.1, -0.05) is 29.5 Å². The summed E-state index contributed by atoms with van der Waals surface area (Å²) in [5, 5.41) is 8.48. The van der Waals surface area contributed by atoms with Crippen molar-refractivity contribution in [2.24, 2.45) is 0 Å². The molecule has 1 aromatic carbocycles. The predicted molar refractivity (Wildman–Crippen MR) is 117 cm³/mol. The first-order valence-electron chi connectivity index (χ1n) is 11.0. The van der Waals surface area contributed by atoms with Crippen LogP contribution < -0.4 is 4.74 Å². The van der Waals surface area contributed by atoms with Crippen molar-refractivity contribution in [2.75, 3.05) is 39.8 Å². The van der Waals surface area contributed by atoms with Crippen LogP contribution in [0.25, 0.3) is 6.08 Å². The molecule has 160 valence electrons. The van der Waals surface area contributed by atoms with Gasteiger partial charge in [-0.2, -0.15) is 0 Å². The normalized spacial score (nSPS) is 20.6. The van der Waals surface area contributed by atoms with Crippen LogP contribution >= 0.6 is 0 Å². The van der Waals surface area contributed by atoms with Crippen molar-refractivity contribution in [2.45, 2.75) is 38.1 Å². The highest BCUT2D eigenvalue weighted by Gasteiger charge is 2.25. The second kappa shape index (κ2) is 9.89. The van der Waals surface area contributed by atoms with Crippen molar-refractivity contribution in [3.05, 3.63) is 47.8 Å². The number of piperidine rings is 2. The minimum atomic E-state index is 0.0241. The molecule has 1 atom stereocenters. The molecule has 0 bridgehead atoms. The molecule has 3 heterocycles. The summed E-state index contributed by atoms with van der Waals surface area (Å²) < 4.78 is 7.10. The highest BCUT2D eigenvalue weighted by molar-refractivity contribution is 5.91. The SMILES string of the molecule is COc1ccc(C=CCN2CCCC(n3cc(C(=O)N4CCCCC4)nn3)C2)cc1. The van der Waals surface area contributed by atoms with E-state index in [1.165, 1.54) is 12.0 Å². The number of rotatable bonds is 6. The van der Waals surface area contributed by atoms with E-state index in [0.29, 0.717) is 5.69 Å². The van der Waals surface area contributed by atoms with E-state index < -0.39 is 0 Å². The van der Waals surface area contributed by atoms with Crippen molar-refractivity contribution in [1.29, 1.82) is 0 Å². The lowest BCUT2D eigenvalue weighted by Crippen LogP contribution is -2.37. The molecule has 0 spiro atoms. The average Bonchev–Trinajstić information content (AvgIpc) is 3.30. The molecule has 1 unspecified atom stereocenters. The first-order chi connectivity index (χ1) is 14.7. The van der Waals surface area contributed by atoms with Gasteiger partial charge in [-0.05, 0) is 56.3 Å². The van der Waals surface area contributed by atoms with E-state index in [4.69, 9.17) is 4.74 Å². The molecule has 1 aromatic heterocycles. The van der Waals surface area contributed by atoms with Gasteiger partial charge in [0.05, 0.1) is 19.3 Å². The van der Waals surface area contributed by atoms with Gasteiger partial charge in [0.2, 0.25) is 0 Å². The number of amides is 1. The molecular weight excluding hydrogens is 378 g/mol. The van der Waals surface area contributed by atoms with Gasteiger partial charge in [-0.25, -0.2) is 4.68 Å². The van der Waals surface area contributed by atoms with Crippen LogP contribution in [0.5, 0.6) is 5.75 Å². The molecule has 0 N–H and O–H groups in total. The third-order valence-corrected chi connectivity index (χ3v) is 6.02. The maximum Gasteiger partial charge on any atom is 0.276 e. The summed E-state index contributed by atoms with van der Waals surface area (Å²) in [4.78, 5) is 17.0. The Kier molecular flexibility index (Phi) is 6.79. The number of nitrogens with zero attached hydrogens (tertiary/aromatic N) is 5. The minimum absolute atomic E-state index is 0.0241. The smallest absolute Gasteiger partial charge is 0.276 e.